The molecule has 1 aliphatic carbocycles. The zero-order valence-corrected chi connectivity index (χ0v) is 8.17. The van der Waals surface area contributed by atoms with Crippen LogP contribution in [-0.2, 0) is 0 Å². The maximum Gasteiger partial charge on any atom is 0.0321 e. The predicted octanol–water partition coefficient (Wildman–Crippen LogP) is 1.54. The highest BCUT2D eigenvalue weighted by atomic mass is 28.2. The highest BCUT2D eigenvalue weighted by molar-refractivity contribution is 6.69. The van der Waals surface area contributed by atoms with Gasteiger partial charge in [0.05, 0.1) is 0 Å². The molecular formula is C9H15NSi. The summed E-state index contributed by atoms with van der Waals surface area (Å²) in [5.74, 6) is 0.439. The second-order valence-electron chi connectivity index (χ2n) is 2.88. The van der Waals surface area contributed by atoms with Crippen molar-refractivity contribution in [3.8, 4) is 0 Å². The van der Waals surface area contributed by atoms with E-state index in [1.54, 1.807) is 0 Å². The summed E-state index contributed by atoms with van der Waals surface area (Å²) >= 11 is 0. The third-order valence-electron chi connectivity index (χ3n) is 2.13. The average Bonchev–Trinajstić information content (AvgIpc) is 2.53. The summed E-state index contributed by atoms with van der Waals surface area (Å²) in [6.45, 7) is 4.49. The minimum Gasteiger partial charge on any atom is -0.405 e. The average molecular weight is 165 g/mol. The van der Waals surface area contributed by atoms with E-state index in [2.05, 4.69) is 37.8 Å². The molecule has 60 valence electrons. The summed E-state index contributed by atoms with van der Waals surface area (Å²) < 4.78 is 0. The van der Waals surface area contributed by atoms with E-state index in [1.807, 2.05) is 0 Å². The minimum absolute atomic E-state index is 0.398. The van der Waals surface area contributed by atoms with Gasteiger partial charge in [-0.15, -0.1) is 0 Å². The Hall–Kier alpha value is -0.633. The van der Waals surface area contributed by atoms with E-state index in [-0.39, 0.29) is 0 Å². The first-order valence-corrected chi connectivity index (χ1v) is 6.26. The molecule has 0 amide bonds. The molecule has 1 nitrogen and oxygen atoms in total. The molecule has 0 radical (unpaired) electrons. The Balaban J connectivity index is 2.74. The summed E-state index contributed by atoms with van der Waals surface area (Å²) in [5.41, 5.74) is 5.99. The van der Waals surface area contributed by atoms with Crippen molar-refractivity contribution >= 4 is 13.7 Å². The van der Waals surface area contributed by atoms with Crippen molar-refractivity contribution in [3.63, 3.8) is 0 Å². The number of hydrogen-bond donors (Lipinski definition) is 1. The number of allylic oxidation sites excluding steroid dienone is 2. The molecule has 0 aromatic rings. The van der Waals surface area contributed by atoms with E-state index in [0.29, 0.717) is 5.92 Å². The second kappa shape index (κ2) is 3.67. The Kier molecular flexibility index (Phi) is 2.82. The third kappa shape index (κ3) is 1.90. The van der Waals surface area contributed by atoms with Crippen molar-refractivity contribution in [1.29, 1.82) is 0 Å². The van der Waals surface area contributed by atoms with Gasteiger partial charge in [-0.25, -0.2) is 0 Å². The third-order valence-corrected chi connectivity index (χ3v) is 4.51. The largest absolute Gasteiger partial charge is 0.405 e. The van der Waals surface area contributed by atoms with Gasteiger partial charge in [0.1, 0.15) is 0 Å². The molecule has 2 N–H and O–H groups in total. The lowest BCUT2D eigenvalue weighted by Crippen LogP contribution is -2.28. The lowest BCUT2D eigenvalue weighted by atomic mass is 10.2. The van der Waals surface area contributed by atoms with E-state index in [4.69, 9.17) is 5.73 Å². The molecular weight excluding hydrogens is 150 g/mol. The molecule has 0 aliphatic heterocycles. The Morgan fingerprint density at radius 2 is 2.00 bits per heavy atom. The number of nitrogens with two attached hydrogens (primary N) is 1. The lowest BCUT2D eigenvalue weighted by Gasteiger charge is -2.08. The van der Waals surface area contributed by atoms with Crippen molar-refractivity contribution in [2.75, 3.05) is 0 Å². The van der Waals surface area contributed by atoms with Crippen LogP contribution < -0.4 is 5.73 Å². The SMILES string of the molecule is CC[Si](C)=C(N)C1C=CC=C1. The van der Waals surface area contributed by atoms with Gasteiger partial charge < -0.3 is 5.73 Å². The summed E-state index contributed by atoms with van der Waals surface area (Å²) in [7, 11) is -0.398. The van der Waals surface area contributed by atoms with Gasteiger partial charge in [0.25, 0.3) is 0 Å². The van der Waals surface area contributed by atoms with Crippen molar-refractivity contribution in [2.24, 2.45) is 11.7 Å². The molecule has 0 unspecified atom stereocenters. The van der Waals surface area contributed by atoms with Gasteiger partial charge in [-0.05, 0) is 11.3 Å². The molecule has 2 heteroatoms. The molecule has 0 atom stereocenters. The van der Waals surface area contributed by atoms with Gasteiger partial charge in [-0.3, -0.25) is 0 Å². The zero-order chi connectivity index (χ0) is 8.27. The Bertz CT molecular complexity index is 214. The molecule has 0 aromatic carbocycles. The van der Waals surface area contributed by atoms with Crippen LogP contribution in [0.1, 0.15) is 6.92 Å². The fourth-order valence-corrected chi connectivity index (χ4v) is 2.30. The molecule has 0 aromatic heterocycles. The van der Waals surface area contributed by atoms with Gasteiger partial charge in [0, 0.05) is 14.3 Å². The normalized spacial score (nSPS) is 19.1. The molecule has 11 heavy (non-hydrogen) atoms. The van der Waals surface area contributed by atoms with Crippen molar-refractivity contribution < 1.29 is 0 Å². The van der Waals surface area contributed by atoms with Gasteiger partial charge in [0.2, 0.25) is 0 Å². The van der Waals surface area contributed by atoms with Gasteiger partial charge >= 0.3 is 0 Å². The molecule has 0 saturated heterocycles. The van der Waals surface area contributed by atoms with Crippen LogP contribution in [0.2, 0.25) is 12.6 Å². The van der Waals surface area contributed by atoms with Crippen LogP contribution in [0.4, 0.5) is 0 Å². The molecule has 0 fully saturated rings. The molecule has 0 bridgehead atoms. The Labute approximate surface area is 69.8 Å². The maximum absolute atomic E-state index is 5.99. The van der Waals surface area contributed by atoms with Gasteiger partial charge in [-0.1, -0.05) is 37.8 Å². The predicted molar refractivity (Wildman–Crippen MR) is 53.1 cm³/mol. The standard InChI is InChI=1S/C9H15NSi/c1-3-11(2)9(10)8-6-4-5-7-8/h4-8H,3,10H2,1-2H3. The lowest BCUT2D eigenvalue weighted by molar-refractivity contribution is 1.16. The summed E-state index contributed by atoms with van der Waals surface area (Å²) in [5, 5.41) is 1.20. The highest BCUT2D eigenvalue weighted by Crippen LogP contribution is 2.08. The fourth-order valence-electron chi connectivity index (χ4n) is 1.13. The molecule has 0 saturated carbocycles. The molecule has 1 aliphatic rings. The molecule has 1 rings (SSSR count). The van der Waals surface area contributed by atoms with Crippen LogP contribution in [0.3, 0.4) is 0 Å². The van der Waals surface area contributed by atoms with Crippen molar-refractivity contribution in [3.05, 3.63) is 24.3 Å². The Morgan fingerprint density at radius 3 is 2.45 bits per heavy atom. The first-order valence-electron chi connectivity index (χ1n) is 4.05. The quantitative estimate of drug-likeness (QED) is 0.617. The van der Waals surface area contributed by atoms with Crippen molar-refractivity contribution in [1.82, 2.24) is 0 Å². The van der Waals surface area contributed by atoms with Crippen LogP contribution >= 0.6 is 0 Å². The smallest absolute Gasteiger partial charge is 0.0321 e. The Morgan fingerprint density at radius 1 is 1.45 bits per heavy atom. The molecule has 0 spiro atoms. The molecule has 0 heterocycles. The fraction of sp³-hybridized carbons (Fsp3) is 0.444. The zero-order valence-electron chi connectivity index (χ0n) is 7.17. The van der Waals surface area contributed by atoms with E-state index in [0.717, 1.165) is 0 Å². The van der Waals surface area contributed by atoms with E-state index >= 15 is 0 Å². The summed E-state index contributed by atoms with van der Waals surface area (Å²) in [4.78, 5) is 0. The van der Waals surface area contributed by atoms with Gasteiger partial charge in [-0.2, -0.15) is 0 Å². The van der Waals surface area contributed by atoms with E-state index < -0.39 is 8.41 Å². The summed E-state index contributed by atoms with van der Waals surface area (Å²) in [6, 6.07) is 1.23. The van der Waals surface area contributed by atoms with Gasteiger partial charge in [0.15, 0.2) is 0 Å². The van der Waals surface area contributed by atoms with Crippen molar-refractivity contribution in [2.45, 2.75) is 19.5 Å². The number of rotatable bonds is 2. The summed E-state index contributed by atoms with van der Waals surface area (Å²) in [6.07, 6.45) is 8.48. The first-order chi connectivity index (χ1) is 5.25. The van der Waals surface area contributed by atoms with Crippen LogP contribution in [0.25, 0.3) is 0 Å². The maximum atomic E-state index is 5.99. The minimum atomic E-state index is -0.398. The number of hydrogen-bond acceptors (Lipinski definition) is 1. The monoisotopic (exact) mass is 165 g/mol. The second-order valence-corrected chi connectivity index (χ2v) is 5.73. The van der Waals surface area contributed by atoms with Crippen LogP contribution in [0.15, 0.2) is 24.3 Å². The first kappa shape index (κ1) is 8.46. The van der Waals surface area contributed by atoms with Crippen LogP contribution in [-0.4, -0.2) is 13.7 Å². The van der Waals surface area contributed by atoms with Crippen LogP contribution in [0.5, 0.6) is 0 Å². The topological polar surface area (TPSA) is 26.0 Å². The van der Waals surface area contributed by atoms with E-state index in [9.17, 15) is 0 Å². The van der Waals surface area contributed by atoms with E-state index in [1.165, 1.54) is 11.3 Å². The van der Waals surface area contributed by atoms with Crippen LogP contribution in [0, 0.1) is 5.92 Å². The highest BCUT2D eigenvalue weighted by Gasteiger charge is 2.08.